The molecule has 0 aromatic heterocycles. The van der Waals surface area contributed by atoms with Crippen LogP contribution in [-0.4, -0.2) is 23.8 Å². The van der Waals surface area contributed by atoms with Crippen molar-refractivity contribution in [2.45, 2.75) is 19.1 Å². The number of halogens is 2. The number of benzene rings is 4. The lowest BCUT2D eigenvalue weighted by molar-refractivity contribution is -0.136. The van der Waals surface area contributed by atoms with Gasteiger partial charge in [0.05, 0.1) is 12.8 Å². The summed E-state index contributed by atoms with van der Waals surface area (Å²) in [5.41, 5.74) is 2.74. The van der Waals surface area contributed by atoms with Crippen LogP contribution in [0, 0.1) is 0 Å². The molecule has 0 spiro atoms. The minimum Gasteiger partial charge on any atom is -0.490 e. The van der Waals surface area contributed by atoms with Gasteiger partial charge in [0.2, 0.25) is 0 Å². The van der Waals surface area contributed by atoms with E-state index in [1.807, 2.05) is 19.1 Å². The topological polar surface area (TPSA) is 80.2 Å². The normalized spacial score (nSPS) is 11.4. The van der Waals surface area contributed by atoms with Crippen molar-refractivity contribution < 1.29 is 19.4 Å². The van der Waals surface area contributed by atoms with Crippen molar-refractivity contribution >= 4 is 35.3 Å². The van der Waals surface area contributed by atoms with Gasteiger partial charge in [0.15, 0.2) is 17.1 Å². The van der Waals surface area contributed by atoms with E-state index in [1.54, 1.807) is 84.9 Å². The first-order valence-electron chi connectivity index (χ1n) is 11.9. The van der Waals surface area contributed by atoms with Crippen LogP contribution in [0.3, 0.4) is 0 Å². The summed E-state index contributed by atoms with van der Waals surface area (Å²) in [7, 11) is 0. The number of carbonyl (C=O) groups is 1. The van der Waals surface area contributed by atoms with Crippen LogP contribution in [0.15, 0.2) is 102 Å². The summed E-state index contributed by atoms with van der Waals surface area (Å²) in [5, 5.41) is 16.6. The van der Waals surface area contributed by atoms with Gasteiger partial charge in [-0.25, -0.2) is 5.43 Å². The predicted octanol–water partition coefficient (Wildman–Crippen LogP) is 6.36. The maximum atomic E-state index is 13.2. The zero-order valence-electron chi connectivity index (χ0n) is 20.6. The van der Waals surface area contributed by atoms with Crippen LogP contribution in [0.4, 0.5) is 0 Å². The van der Waals surface area contributed by atoms with Gasteiger partial charge in [0, 0.05) is 15.6 Å². The quantitative estimate of drug-likeness (QED) is 0.178. The van der Waals surface area contributed by atoms with Gasteiger partial charge in [-0.15, -0.1) is 0 Å². The van der Waals surface area contributed by atoms with Crippen LogP contribution in [0.25, 0.3) is 0 Å². The third-order valence-corrected chi connectivity index (χ3v) is 6.50. The van der Waals surface area contributed by atoms with Crippen LogP contribution >= 0.6 is 23.2 Å². The van der Waals surface area contributed by atoms with Gasteiger partial charge in [0.25, 0.3) is 5.91 Å². The summed E-state index contributed by atoms with van der Waals surface area (Å²) < 4.78 is 11.7. The average molecular weight is 549 g/mol. The monoisotopic (exact) mass is 548 g/mol. The first-order chi connectivity index (χ1) is 18.4. The largest absolute Gasteiger partial charge is 0.490 e. The molecule has 0 fully saturated rings. The van der Waals surface area contributed by atoms with Crippen molar-refractivity contribution in [3.63, 3.8) is 0 Å². The Bertz CT molecular complexity index is 1350. The molecule has 0 saturated heterocycles. The summed E-state index contributed by atoms with van der Waals surface area (Å²) in [6, 6.07) is 28.0. The van der Waals surface area contributed by atoms with Gasteiger partial charge in [-0.2, -0.15) is 5.10 Å². The summed E-state index contributed by atoms with van der Waals surface area (Å²) in [6.07, 6.45) is 1.46. The Kier molecular flexibility index (Phi) is 9.02. The van der Waals surface area contributed by atoms with Gasteiger partial charge < -0.3 is 14.6 Å². The molecule has 4 aromatic carbocycles. The summed E-state index contributed by atoms with van der Waals surface area (Å²) in [6.45, 7) is 2.45. The molecule has 0 atom stereocenters. The zero-order valence-corrected chi connectivity index (χ0v) is 22.1. The van der Waals surface area contributed by atoms with Gasteiger partial charge in [-0.1, -0.05) is 89.9 Å². The van der Waals surface area contributed by atoms with Crippen LogP contribution in [0.2, 0.25) is 10.0 Å². The van der Waals surface area contributed by atoms with Crippen molar-refractivity contribution in [2.75, 3.05) is 6.61 Å². The number of nitrogens with one attached hydrogen (secondary N) is 1. The summed E-state index contributed by atoms with van der Waals surface area (Å²) >= 11 is 12.5. The molecule has 4 rings (SSSR count). The Morgan fingerprint density at radius 1 is 0.868 bits per heavy atom. The van der Waals surface area contributed by atoms with E-state index in [0.717, 1.165) is 0 Å². The first-order valence-corrected chi connectivity index (χ1v) is 12.7. The molecule has 0 saturated carbocycles. The Morgan fingerprint density at radius 3 is 2.05 bits per heavy atom. The second kappa shape index (κ2) is 12.6. The van der Waals surface area contributed by atoms with E-state index >= 15 is 0 Å². The smallest absolute Gasteiger partial charge is 0.281 e. The van der Waals surface area contributed by atoms with Crippen LogP contribution in [0.1, 0.15) is 29.2 Å². The van der Waals surface area contributed by atoms with Crippen molar-refractivity contribution in [2.24, 2.45) is 5.10 Å². The molecule has 6 nitrogen and oxygen atoms in total. The average Bonchev–Trinajstić information content (AvgIpc) is 2.94. The molecule has 8 heteroatoms. The number of nitrogens with zero attached hydrogens (tertiary/aromatic N) is 1. The van der Waals surface area contributed by atoms with E-state index in [9.17, 15) is 9.90 Å². The number of rotatable bonds is 10. The fourth-order valence-electron chi connectivity index (χ4n) is 3.85. The predicted molar refractivity (Wildman–Crippen MR) is 150 cm³/mol. The molecule has 2 N–H and O–H groups in total. The molecule has 0 aliphatic heterocycles. The zero-order chi connectivity index (χ0) is 27.0. The van der Waals surface area contributed by atoms with Crippen molar-refractivity contribution in [3.05, 3.63) is 129 Å². The number of ether oxygens (including phenoxy) is 2. The molecule has 0 heterocycles. The Labute approximate surface area is 231 Å². The molecule has 4 aromatic rings. The molecule has 0 aliphatic carbocycles. The van der Waals surface area contributed by atoms with Crippen LogP contribution in [-0.2, 0) is 17.0 Å². The summed E-state index contributed by atoms with van der Waals surface area (Å²) in [5.74, 6) is 0.315. The molecule has 38 heavy (non-hydrogen) atoms. The number of aliphatic hydroxyl groups is 1. The third kappa shape index (κ3) is 6.17. The third-order valence-electron chi connectivity index (χ3n) is 5.79. The highest BCUT2D eigenvalue weighted by Gasteiger charge is 2.39. The van der Waals surface area contributed by atoms with E-state index in [0.29, 0.717) is 50.4 Å². The highest BCUT2D eigenvalue weighted by molar-refractivity contribution is 6.35. The Morgan fingerprint density at radius 2 is 1.47 bits per heavy atom. The number of carbonyl (C=O) groups excluding carboxylic acids is 1. The van der Waals surface area contributed by atoms with Crippen LogP contribution in [0.5, 0.6) is 11.5 Å². The highest BCUT2D eigenvalue weighted by atomic mass is 35.5. The van der Waals surface area contributed by atoms with Gasteiger partial charge in [-0.05, 0) is 53.9 Å². The van der Waals surface area contributed by atoms with Gasteiger partial charge >= 0.3 is 0 Å². The van der Waals surface area contributed by atoms with Crippen molar-refractivity contribution in [3.8, 4) is 11.5 Å². The molecule has 194 valence electrons. The molecule has 0 aliphatic rings. The lowest BCUT2D eigenvalue weighted by atomic mass is 9.85. The van der Waals surface area contributed by atoms with Crippen LogP contribution < -0.4 is 14.9 Å². The fraction of sp³-hybridized carbons (Fsp3) is 0.133. The van der Waals surface area contributed by atoms with E-state index in [4.69, 9.17) is 32.7 Å². The lowest BCUT2D eigenvalue weighted by Gasteiger charge is -2.27. The maximum absolute atomic E-state index is 13.2. The van der Waals surface area contributed by atoms with E-state index in [2.05, 4.69) is 10.5 Å². The Hall–Kier alpha value is -3.84. The molecular weight excluding hydrogens is 523 g/mol. The molecule has 0 radical (unpaired) electrons. The van der Waals surface area contributed by atoms with Gasteiger partial charge in [0.1, 0.15) is 6.61 Å². The van der Waals surface area contributed by atoms with Crippen molar-refractivity contribution in [1.82, 2.24) is 5.43 Å². The minimum absolute atomic E-state index is 0.166. The SMILES string of the molecule is CCOc1cc(/C=N\NC(=O)C(O)(c2ccccc2)c2ccccc2)ccc1OCc1c(Cl)cccc1Cl. The first kappa shape index (κ1) is 27.2. The second-order valence-corrected chi connectivity index (χ2v) is 9.08. The van der Waals surface area contributed by atoms with Crippen molar-refractivity contribution in [1.29, 1.82) is 0 Å². The number of amides is 1. The van der Waals surface area contributed by atoms with E-state index in [1.165, 1.54) is 6.21 Å². The molecular formula is C30H26Cl2N2O4. The standard InChI is InChI=1S/C30H26Cl2N2O4/c1-2-37-28-18-21(16-17-27(28)38-20-24-25(31)14-9-15-26(24)32)19-33-34-29(35)30(36,22-10-5-3-6-11-22)23-12-7-4-8-13-23/h3-19,36H,2,20H2,1H3,(H,34,35)/b33-19-. The van der Waals surface area contributed by atoms with Gasteiger partial charge in [-0.3, -0.25) is 4.79 Å². The Balaban J connectivity index is 1.51. The van der Waals surface area contributed by atoms with E-state index < -0.39 is 11.5 Å². The van der Waals surface area contributed by atoms with E-state index in [-0.39, 0.29) is 6.61 Å². The lowest BCUT2D eigenvalue weighted by Crippen LogP contribution is -2.43. The number of hydrogen-bond acceptors (Lipinski definition) is 5. The molecule has 0 bridgehead atoms. The highest BCUT2D eigenvalue weighted by Crippen LogP contribution is 2.32. The maximum Gasteiger partial charge on any atom is 0.281 e. The minimum atomic E-state index is -1.92. The number of hydrogen-bond donors (Lipinski definition) is 2. The number of hydrazone groups is 1. The fourth-order valence-corrected chi connectivity index (χ4v) is 4.35. The second-order valence-electron chi connectivity index (χ2n) is 8.27. The summed E-state index contributed by atoms with van der Waals surface area (Å²) in [4.78, 5) is 13.2. The molecule has 0 unspecified atom stereocenters. The molecule has 1 amide bonds.